The van der Waals surface area contributed by atoms with Crippen LogP contribution in [0.15, 0.2) is 53.4 Å². The molecule has 0 aliphatic carbocycles. The van der Waals surface area contributed by atoms with Crippen LogP contribution in [0.1, 0.15) is 24.2 Å². The lowest BCUT2D eigenvalue weighted by Crippen LogP contribution is -2.23. The third kappa shape index (κ3) is 5.13. The van der Waals surface area contributed by atoms with E-state index in [-0.39, 0.29) is 10.7 Å². The highest BCUT2D eigenvalue weighted by Gasteiger charge is 2.12. The fraction of sp³-hybridized carbons (Fsp3) is 0.176. The van der Waals surface area contributed by atoms with Crippen molar-refractivity contribution in [3.63, 3.8) is 0 Å². The lowest BCUT2D eigenvalue weighted by Gasteiger charge is -2.09. The maximum atomic E-state index is 12.0. The molecular formula is C17H19N3O4S. The Balaban J connectivity index is 1.99. The molecule has 3 N–H and O–H groups in total. The Hall–Kier alpha value is -2.71. The molecule has 0 spiro atoms. The van der Waals surface area contributed by atoms with Crippen LogP contribution in [0.25, 0.3) is 0 Å². The molecule has 0 saturated heterocycles. The number of ketones is 1. The van der Waals surface area contributed by atoms with Gasteiger partial charge in [0.2, 0.25) is 10.0 Å². The Bertz CT molecular complexity index is 860. The summed E-state index contributed by atoms with van der Waals surface area (Å²) in [6.45, 7) is 3.46. The van der Waals surface area contributed by atoms with Crippen molar-refractivity contribution in [2.24, 2.45) is 0 Å². The summed E-state index contributed by atoms with van der Waals surface area (Å²) < 4.78 is 26.1. The molecule has 2 aromatic rings. The maximum absolute atomic E-state index is 12.0. The smallest absolute Gasteiger partial charge is 0.308 e. The van der Waals surface area contributed by atoms with Crippen LogP contribution in [-0.2, 0) is 10.0 Å². The van der Waals surface area contributed by atoms with Crippen molar-refractivity contribution < 1.29 is 18.0 Å². The van der Waals surface area contributed by atoms with E-state index in [2.05, 4.69) is 15.4 Å². The van der Waals surface area contributed by atoms with E-state index < -0.39 is 16.1 Å². The van der Waals surface area contributed by atoms with Crippen molar-refractivity contribution in [2.45, 2.75) is 18.7 Å². The maximum Gasteiger partial charge on any atom is 0.323 e. The number of nitrogens with one attached hydrogen (secondary N) is 3. The van der Waals surface area contributed by atoms with Gasteiger partial charge in [-0.1, -0.05) is 6.92 Å². The van der Waals surface area contributed by atoms with Gasteiger partial charge in [0.05, 0.1) is 4.90 Å². The lowest BCUT2D eigenvalue weighted by atomic mass is 10.1. The average Bonchev–Trinajstić information content (AvgIpc) is 2.55. The van der Waals surface area contributed by atoms with Gasteiger partial charge >= 0.3 is 6.03 Å². The number of urea groups is 1. The van der Waals surface area contributed by atoms with Crippen LogP contribution in [0.3, 0.4) is 0 Å². The minimum absolute atomic E-state index is 0.0522. The minimum atomic E-state index is -3.52. The first-order valence-corrected chi connectivity index (χ1v) is 9.09. The van der Waals surface area contributed by atoms with Crippen molar-refractivity contribution in [2.75, 3.05) is 17.2 Å². The minimum Gasteiger partial charge on any atom is -0.308 e. The summed E-state index contributed by atoms with van der Waals surface area (Å²) in [7, 11) is -3.52. The first-order valence-electron chi connectivity index (χ1n) is 7.60. The van der Waals surface area contributed by atoms with Crippen LogP contribution in [0.5, 0.6) is 0 Å². The Morgan fingerprint density at radius 3 is 1.80 bits per heavy atom. The molecule has 0 aliphatic heterocycles. The Morgan fingerprint density at radius 2 is 1.36 bits per heavy atom. The largest absolute Gasteiger partial charge is 0.323 e. The first kappa shape index (κ1) is 18.6. The number of carbonyl (C=O) groups excluding carboxylic acids is 2. The second-order valence-electron chi connectivity index (χ2n) is 5.24. The number of sulfonamides is 1. The van der Waals surface area contributed by atoms with Gasteiger partial charge in [-0.3, -0.25) is 4.79 Å². The molecule has 0 atom stereocenters. The van der Waals surface area contributed by atoms with Crippen LogP contribution in [0.2, 0.25) is 0 Å². The zero-order chi connectivity index (χ0) is 18.4. The molecule has 0 aliphatic rings. The van der Waals surface area contributed by atoms with E-state index in [9.17, 15) is 18.0 Å². The van der Waals surface area contributed by atoms with Gasteiger partial charge in [0.25, 0.3) is 0 Å². The topological polar surface area (TPSA) is 104 Å². The molecule has 2 rings (SSSR count). The third-order valence-corrected chi connectivity index (χ3v) is 4.87. The number of rotatable bonds is 6. The highest BCUT2D eigenvalue weighted by molar-refractivity contribution is 7.89. The molecule has 0 heterocycles. The number of Topliss-reactive ketones (excluding diaryl/α,β-unsaturated/α-hetero) is 1. The van der Waals surface area contributed by atoms with Crippen molar-refractivity contribution in [3.05, 3.63) is 54.1 Å². The van der Waals surface area contributed by atoms with Crippen molar-refractivity contribution in [1.82, 2.24) is 4.72 Å². The summed E-state index contributed by atoms with van der Waals surface area (Å²) in [6.07, 6.45) is 0. The van der Waals surface area contributed by atoms with Crippen LogP contribution < -0.4 is 15.4 Å². The average molecular weight is 361 g/mol. The van der Waals surface area contributed by atoms with Crippen molar-refractivity contribution >= 4 is 33.2 Å². The summed E-state index contributed by atoms with van der Waals surface area (Å²) in [5, 5.41) is 5.24. The third-order valence-electron chi connectivity index (χ3n) is 3.31. The zero-order valence-electron chi connectivity index (χ0n) is 13.9. The van der Waals surface area contributed by atoms with Crippen LogP contribution >= 0.6 is 0 Å². The molecular weight excluding hydrogens is 342 g/mol. The van der Waals surface area contributed by atoms with E-state index in [1.54, 1.807) is 31.2 Å². The summed E-state index contributed by atoms with van der Waals surface area (Å²) in [4.78, 5) is 23.3. The molecule has 0 unspecified atom stereocenters. The quantitative estimate of drug-likeness (QED) is 0.688. The lowest BCUT2D eigenvalue weighted by molar-refractivity contribution is 0.101. The van der Waals surface area contributed by atoms with Gasteiger partial charge in [0.15, 0.2) is 5.78 Å². The first-order chi connectivity index (χ1) is 11.8. The number of benzene rings is 2. The number of amides is 2. The zero-order valence-corrected chi connectivity index (χ0v) is 14.7. The number of anilines is 2. The second kappa shape index (κ2) is 7.91. The van der Waals surface area contributed by atoms with E-state index in [4.69, 9.17) is 0 Å². The Kier molecular flexibility index (Phi) is 5.89. The van der Waals surface area contributed by atoms with Gasteiger partial charge in [-0.15, -0.1) is 0 Å². The van der Waals surface area contributed by atoms with E-state index in [0.717, 1.165) is 0 Å². The van der Waals surface area contributed by atoms with Gasteiger partial charge < -0.3 is 10.6 Å². The summed E-state index contributed by atoms with van der Waals surface area (Å²) in [6, 6.07) is 11.9. The molecule has 0 radical (unpaired) electrons. The Labute approximate surface area is 146 Å². The molecule has 2 amide bonds. The van der Waals surface area contributed by atoms with Gasteiger partial charge in [-0.2, -0.15) is 0 Å². The van der Waals surface area contributed by atoms with Gasteiger partial charge in [-0.05, 0) is 55.5 Å². The molecule has 0 aromatic heterocycles. The number of hydrogen-bond acceptors (Lipinski definition) is 4. The van der Waals surface area contributed by atoms with Crippen molar-refractivity contribution in [1.29, 1.82) is 0 Å². The number of hydrogen-bond donors (Lipinski definition) is 3. The van der Waals surface area contributed by atoms with Crippen LogP contribution in [0.4, 0.5) is 16.2 Å². The van der Waals surface area contributed by atoms with E-state index in [1.807, 2.05) is 0 Å². The highest BCUT2D eigenvalue weighted by Crippen LogP contribution is 2.15. The fourth-order valence-corrected chi connectivity index (χ4v) is 3.11. The van der Waals surface area contributed by atoms with E-state index >= 15 is 0 Å². The molecule has 7 nitrogen and oxygen atoms in total. The molecule has 0 saturated carbocycles. The van der Waals surface area contributed by atoms with E-state index in [0.29, 0.717) is 23.5 Å². The molecule has 0 bridgehead atoms. The normalized spacial score (nSPS) is 11.0. The SMILES string of the molecule is CCNS(=O)(=O)c1ccc(NC(=O)Nc2ccc(C(C)=O)cc2)cc1. The van der Waals surface area contributed by atoms with Gasteiger partial charge in [0.1, 0.15) is 0 Å². The molecule has 8 heteroatoms. The summed E-state index contributed by atoms with van der Waals surface area (Å²) in [5.74, 6) is -0.0522. The predicted molar refractivity (Wildman–Crippen MR) is 96.4 cm³/mol. The van der Waals surface area contributed by atoms with Crippen LogP contribution in [-0.4, -0.2) is 26.8 Å². The molecule has 132 valence electrons. The summed E-state index contributed by atoms with van der Waals surface area (Å²) in [5.41, 5.74) is 1.55. The second-order valence-corrected chi connectivity index (χ2v) is 7.01. The summed E-state index contributed by atoms with van der Waals surface area (Å²) >= 11 is 0. The standard InChI is InChI=1S/C17H19N3O4S/c1-3-18-25(23,24)16-10-8-15(9-11-16)20-17(22)19-14-6-4-13(5-7-14)12(2)21/h4-11,18H,3H2,1-2H3,(H2,19,20,22). The monoisotopic (exact) mass is 361 g/mol. The molecule has 25 heavy (non-hydrogen) atoms. The van der Waals surface area contributed by atoms with Gasteiger partial charge in [-0.25, -0.2) is 17.9 Å². The number of carbonyl (C=O) groups is 2. The Morgan fingerprint density at radius 1 is 0.880 bits per heavy atom. The van der Waals surface area contributed by atoms with E-state index in [1.165, 1.54) is 31.2 Å². The fourth-order valence-electron chi connectivity index (χ4n) is 2.07. The van der Waals surface area contributed by atoms with Gasteiger partial charge in [0, 0.05) is 23.5 Å². The van der Waals surface area contributed by atoms with Crippen LogP contribution in [0, 0.1) is 0 Å². The predicted octanol–water partition coefficient (Wildman–Crippen LogP) is 2.83. The van der Waals surface area contributed by atoms with Crippen molar-refractivity contribution in [3.8, 4) is 0 Å². The highest BCUT2D eigenvalue weighted by atomic mass is 32.2. The molecule has 2 aromatic carbocycles. The molecule has 0 fully saturated rings.